The molecule has 2 aromatic rings. The minimum absolute atomic E-state index is 0.0831. The number of methoxy groups -OCH3 is 1. The van der Waals surface area contributed by atoms with Crippen molar-refractivity contribution in [2.24, 2.45) is 11.3 Å². The van der Waals surface area contributed by atoms with E-state index >= 15 is 0 Å². The van der Waals surface area contributed by atoms with Gasteiger partial charge in [-0.25, -0.2) is 0 Å². The Bertz CT molecular complexity index is 1270. The molecule has 0 spiro atoms. The molecule has 3 heterocycles. The van der Waals surface area contributed by atoms with Gasteiger partial charge in [0, 0.05) is 63.6 Å². The van der Waals surface area contributed by atoms with Crippen LogP contribution in [0.1, 0.15) is 70.4 Å². The van der Waals surface area contributed by atoms with Gasteiger partial charge in [0.2, 0.25) is 11.5 Å². The standard InChI is InChI=1S/C36H51N3O6/c1-35(2,33(40)38-23-26-15-19-43-20-16-26)22-29-12-13-30(24-37-29)44-25-27-11-14-32-31(21-27)39(17-8-18-42-4)34(41)36(3,45-32)28-9-6-5-7-10-28/h5-7,9-11,14,21,26,29-30,37H,8,12-13,15-20,22-25H2,1-4H3,(H,38,40)/t29-,30+,36-/m0/s1. The van der Waals surface area contributed by atoms with Gasteiger partial charge >= 0.3 is 0 Å². The van der Waals surface area contributed by atoms with Crippen LogP contribution in [0.4, 0.5) is 5.69 Å². The Morgan fingerprint density at radius 3 is 2.60 bits per heavy atom. The zero-order valence-corrected chi connectivity index (χ0v) is 27.4. The van der Waals surface area contributed by atoms with Gasteiger partial charge in [-0.05, 0) is 69.1 Å². The van der Waals surface area contributed by atoms with Crippen LogP contribution in [0.15, 0.2) is 48.5 Å². The van der Waals surface area contributed by atoms with E-state index in [4.69, 9.17) is 18.9 Å². The van der Waals surface area contributed by atoms with Gasteiger partial charge < -0.3 is 34.5 Å². The molecule has 2 saturated heterocycles. The first kappa shape index (κ1) is 33.4. The maximum absolute atomic E-state index is 13.9. The molecule has 2 aromatic carbocycles. The Hall–Kier alpha value is -2.98. The normalized spacial score (nSPS) is 24.2. The second-order valence-corrected chi connectivity index (χ2v) is 13.6. The molecule has 0 saturated carbocycles. The molecule has 246 valence electrons. The lowest BCUT2D eigenvalue weighted by Crippen LogP contribution is -2.52. The molecule has 0 aromatic heterocycles. The number of anilines is 1. The maximum Gasteiger partial charge on any atom is 0.275 e. The van der Waals surface area contributed by atoms with Gasteiger partial charge in [-0.1, -0.05) is 50.2 Å². The van der Waals surface area contributed by atoms with Crippen LogP contribution >= 0.6 is 0 Å². The highest BCUT2D eigenvalue weighted by Gasteiger charge is 2.46. The molecule has 5 rings (SSSR count). The summed E-state index contributed by atoms with van der Waals surface area (Å²) in [5.41, 5.74) is 1.04. The van der Waals surface area contributed by atoms with Crippen molar-refractivity contribution in [3.63, 3.8) is 0 Å². The number of carbonyl (C=O) groups excluding carboxylic acids is 2. The summed E-state index contributed by atoms with van der Waals surface area (Å²) in [5, 5.41) is 6.83. The van der Waals surface area contributed by atoms with Gasteiger partial charge in [0.05, 0.1) is 18.4 Å². The lowest BCUT2D eigenvalue weighted by Gasteiger charge is -2.41. The van der Waals surface area contributed by atoms with Crippen molar-refractivity contribution >= 4 is 17.5 Å². The molecule has 3 atom stereocenters. The molecule has 9 heteroatoms. The van der Waals surface area contributed by atoms with Gasteiger partial charge in [0.25, 0.3) is 5.91 Å². The second kappa shape index (κ2) is 15.1. The molecule has 0 unspecified atom stereocenters. The summed E-state index contributed by atoms with van der Waals surface area (Å²) in [5.74, 6) is 1.24. The quantitative estimate of drug-likeness (QED) is 0.305. The zero-order chi connectivity index (χ0) is 31.9. The van der Waals surface area contributed by atoms with Gasteiger partial charge in [-0.2, -0.15) is 0 Å². The number of nitrogens with one attached hydrogen (secondary N) is 2. The fourth-order valence-electron chi connectivity index (χ4n) is 6.66. The Kier molecular flexibility index (Phi) is 11.2. The second-order valence-electron chi connectivity index (χ2n) is 13.6. The summed E-state index contributed by atoms with van der Waals surface area (Å²) in [7, 11) is 1.67. The summed E-state index contributed by atoms with van der Waals surface area (Å²) in [6.07, 6.45) is 5.52. The van der Waals surface area contributed by atoms with Crippen LogP contribution in [-0.2, 0) is 36.0 Å². The van der Waals surface area contributed by atoms with E-state index in [0.717, 1.165) is 81.6 Å². The van der Waals surface area contributed by atoms with Crippen LogP contribution in [0, 0.1) is 11.3 Å². The number of fused-ring (bicyclic) bond motifs is 1. The van der Waals surface area contributed by atoms with Gasteiger partial charge in [0.15, 0.2) is 0 Å². The smallest absolute Gasteiger partial charge is 0.275 e. The predicted octanol–water partition coefficient (Wildman–Crippen LogP) is 4.96. The van der Waals surface area contributed by atoms with E-state index in [2.05, 4.69) is 10.6 Å². The Morgan fingerprint density at radius 1 is 1.11 bits per heavy atom. The molecule has 0 radical (unpaired) electrons. The lowest BCUT2D eigenvalue weighted by atomic mass is 9.82. The minimum atomic E-state index is -1.11. The molecule has 45 heavy (non-hydrogen) atoms. The van der Waals surface area contributed by atoms with E-state index < -0.39 is 11.0 Å². The highest BCUT2D eigenvalue weighted by Crippen LogP contribution is 2.43. The molecule has 2 N–H and O–H groups in total. The van der Waals surface area contributed by atoms with E-state index in [1.54, 1.807) is 7.11 Å². The van der Waals surface area contributed by atoms with Gasteiger partial charge in [-0.3, -0.25) is 9.59 Å². The highest BCUT2D eigenvalue weighted by atomic mass is 16.5. The Labute approximate surface area is 268 Å². The van der Waals surface area contributed by atoms with Crippen molar-refractivity contribution in [2.45, 2.75) is 83.6 Å². The van der Waals surface area contributed by atoms with E-state index in [1.165, 1.54) is 0 Å². The van der Waals surface area contributed by atoms with Crippen LogP contribution < -0.4 is 20.3 Å². The average molecular weight is 622 g/mol. The molecule has 0 aliphatic carbocycles. The maximum atomic E-state index is 13.9. The van der Waals surface area contributed by atoms with Gasteiger partial charge in [-0.15, -0.1) is 0 Å². The average Bonchev–Trinajstić information content (AvgIpc) is 3.06. The molecule has 3 aliphatic rings. The van der Waals surface area contributed by atoms with E-state index in [0.29, 0.717) is 31.4 Å². The molecule has 3 aliphatic heterocycles. The van der Waals surface area contributed by atoms with E-state index in [9.17, 15) is 9.59 Å². The van der Waals surface area contributed by atoms with E-state index in [1.807, 2.05) is 74.2 Å². The number of benzene rings is 2. The third-order valence-corrected chi connectivity index (χ3v) is 9.56. The third-order valence-electron chi connectivity index (χ3n) is 9.56. The number of nitrogens with zero attached hydrogens (tertiary/aromatic N) is 1. The van der Waals surface area contributed by atoms with Crippen molar-refractivity contribution < 1.29 is 28.5 Å². The third kappa shape index (κ3) is 8.25. The van der Waals surface area contributed by atoms with Crippen LogP contribution in [0.2, 0.25) is 0 Å². The largest absolute Gasteiger partial charge is 0.471 e. The first-order valence-electron chi connectivity index (χ1n) is 16.6. The highest BCUT2D eigenvalue weighted by molar-refractivity contribution is 6.03. The summed E-state index contributed by atoms with van der Waals surface area (Å²) in [4.78, 5) is 28.7. The van der Waals surface area contributed by atoms with E-state index in [-0.39, 0.29) is 24.0 Å². The molecular formula is C36H51N3O6. The SMILES string of the molecule is COCCCN1C(=O)[C@](C)(c2ccccc2)Oc2ccc(CO[C@@H]3CC[C@@H](CC(C)(C)C(=O)NCC4CCOCC4)NC3)cc21. The Balaban J connectivity index is 1.14. The number of hydrogen-bond donors (Lipinski definition) is 2. The Morgan fingerprint density at radius 2 is 1.89 bits per heavy atom. The number of hydrogen-bond acceptors (Lipinski definition) is 7. The van der Waals surface area contributed by atoms with Crippen molar-refractivity contribution in [3.05, 3.63) is 59.7 Å². The molecule has 0 bridgehead atoms. The molecule has 2 fully saturated rings. The predicted molar refractivity (Wildman–Crippen MR) is 174 cm³/mol. The summed E-state index contributed by atoms with van der Waals surface area (Å²) < 4.78 is 23.5. The molecular weight excluding hydrogens is 570 g/mol. The molecule has 9 nitrogen and oxygen atoms in total. The van der Waals surface area contributed by atoms with Crippen LogP contribution in [0.25, 0.3) is 0 Å². The first-order chi connectivity index (χ1) is 21.7. The van der Waals surface area contributed by atoms with Crippen molar-refractivity contribution in [2.75, 3.05) is 51.5 Å². The summed E-state index contributed by atoms with van der Waals surface area (Å²) in [6.45, 7) is 10.5. The number of amides is 2. The monoisotopic (exact) mass is 621 g/mol. The van der Waals surface area contributed by atoms with Crippen LogP contribution in [-0.4, -0.2) is 70.5 Å². The first-order valence-corrected chi connectivity index (χ1v) is 16.6. The number of rotatable bonds is 13. The fraction of sp³-hybridized carbons (Fsp3) is 0.611. The summed E-state index contributed by atoms with van der Waals surface area (Å²) >= 11 is 0. The number of ether oxygens (including phenoxy) is 4. The molecule has 2 amide bonds. The van der Waals surface area contributed by atoms with Gasteiger partial charge in [0.1, 0.15) is 5.75 Å². The van der Waals surface area contributed by atoms with Crippen molar-refractivity contribution in [1.82, 2.24) is 10.6 Å². The van der Waals surface area contributed by atoms with Crippen molar-refractivity contribution in [1.29, 1.82) is 0 Å². The van der Waals surface area contributed by atoms with Crippen LogP contribution in [0.3, 0.4) is 0 Å². The topological polar surface area (TPSA) is 98.4 Å². The number of carbonyl (C=O) groups is 2. The van der Waals surface area contributed by atoms with Crippen LogP contribution in [0.5, 0.6) is 5.75 Å². The number of piperidine rings is 1. The minimum Gasteiger partial charge on any atom is -0.471 e. The lowest BCUT2D eigenvalue weighted by molar-refractivity contribution is -0.135. The van der Waals surface area contributed by atoms with Crippen molar-refractivity contribution in [3.8, 4) is 5.75 Å². The zero-order valence-electron chi connectivity index (χ0n) is 27.4. The fourth-order valence-corrected chi connectivity index (χ4v) is 6.66. The summed E-state index contributed by atoms with van der Waals surface area (Å²) in [6, 6.07) is 15.9.